The van der Waals surface area contributed by atoms with Crippen LogP contribution in [0, 0.1) is 18.3 Å². The van der Waals surface area contributed by atoms with Crippen LogP contribution in [0.15, 0.2) is 60.2 Å². The Labute approximate surface area is 176 Å². The van der Waals surface area contributed by atoms with E-state index in [1.807, 2.05) is 75.4 Å². The summed E-state index contributed by atoms with van der Waals surface area (Å²) < 4.78 is 11.4. The van der Waals surface area contributed by atoms with Crippen LogP contribution in [-0.4, -0.2) is 19.1 Å². The Balaban J connectivity index is 2.08. The molecule has 5 heteroatoms. The zero-order valence-electron chi connectivity index (χ0n) is 17.4. The van der Waals surface area contributed by atoms with E-state index in [1.165, 1.54) is 0 Å². The van der Waals surface area contributed by atoms with Crippen LogP contribution in [0.2, 0.25) is 0 Å². The van der Waals surface area contributed by atoms with E-state index < -0.39 is 5.91 Å². The number of aryl methyl sites for hydroxylation is 1. The topological polar surface area (TPSA) is 71.3 Å². The van der Waals surface area contributed by atoms with Gasteiger partial charge in [-0.05, 0) is 73.5 Å². The molecule has 1 N–H and O–H groups in total. The van der Waals surface area contributed by atoms with Crippen molar-refractivity contribution in [1.82, 2.24) is 0 Å². The molecule has 0 aliphatic carbocycles. The summed E-state index contributed by atoms with van der Waals surface area (Å²) in [6.07, 6.45) is 1.58. The monoisotopic (exact) mass is 400 g/mol. The van der Waals surface area contributed by atoms with Crippen molar-refractivity contribution in [2.45, 2.75) is 20.8 Å². The molecular weight excluding hydrogens is 376 g/mol. The van der Waals surface area contributed by atoms with Gasteiger partial charge in [0, 0.05) is 11.3 Å². The number of ether oxygens (including phenoxy) is 2. The lowest BCUT2D eigenvalue weighted by molar-refractivity contribution is -0.112. The maximum Gasteiger partial charge on any atom is 0.266 e. The minimum atomic E-state index is -0.469. The summed E-state index contributed by atoms with van der Waals surface area (Å²) in [5.74, 6) is 0.856. The zero-order chi connectivity index (χ0) is 21.5. The van der Waals surface area contributed by atoms with Crippen molar-refractivity contribution in [2.24, 2.45) is 0 Å². The lowest BCUT2D eigenvalue weighted by Crippen LogP contribution is -2.13. The molecule has 0 fully saturated rings. The number of rotatable bonds is 7. The average Bonchev–Trinajstić information content (AvgIpc) is 2.73. The quantitative estimate of drug-likeness (QED) is 0.420. The number of carbonyl (C=O) groups excluding carboxylic acids is 1. The molecule has 5 nitrogen and oxygen atoms in total. The van der Waals surface area contributed by atoms with Gasteiger partial charge < -0.3 is 14.8 Å². The molecule has 0 aromatic heterocycles. The summed E-state index contributed by atoms with van der Waals surface area (Å²) in [6.45, 7) is 6.77. The van der Waals surface area contributed by atoms with Crippen LogP contribution in [-0.2, 0) is 4.79 Å². The van der Waals surface area contributed by atoms with Crippen molar-refractivity contribution in [1.29, 1.82) is 5.26 Å². The van der Waals surface area contributed by atoms with Gasteiger partial charge in [-0.2, -0.15) is 5.26 Å². The molecule has 152 valence electrons. The molecule has 0 bridgehead atoms. The first-order chi connectivity index (χ1) is 14.5. The Kier molecular flexibility index (Phi) is 6.71. The third-order valence-electron chi connectivity index (χ3n) is 4.54. The second-order valence-corrected chi connectivity index (χ2v) is 6.72. The van der Waals surface area contributed by atoms with Gasteiger partial charge >= 0.3 is 0 Å². The molecule has 0 atom stereocenters. The fourth-order valence-corrected chi connectivity index (χ4v) is 3.20. The molecule has 30 heavy (non-hydrogen) atoms. The third kappa shape index (κ3) is 4.79. The lowest BCUT2D eigenvalue weighted by atomic mass is 10.0. The highest BCUT2D eigenvalue weighted by molar-refractivity contribution is 6.11. The smallest absolute Gasteiger partial charge is 0.266 e. The van der Waals surface area contributed by atoms with E-state index in [2.05, 4.69) is 5.32 Å². The molecule has 0 aliphatic heterocycles. The van der Waals surface area contributed by atoms with Crippen LogP contribution < -0.4 is 14.8 Å². The summed E-state index contributed by atoms with van der Waals surface area (Å²) in [7, 11) is 0. The summed E-state index contributed by atoms with van der Waals surface area (Å²) in [5, 5.41) is 14.3. The van der Waals surface area contributed by atoms with E-state index >= 15 is 0 Å². The first-order valence-corrected chi connectivity index (χ1v) is 9.87. The molecule has 0 unspecified atom stereocenters. The van der Waals surface area contributed by atoms with E-state index in [1.54, 1.807) is 12.1 Å². The number of fused-ring (bicyclic) bond motifs is 1. The number of hydrogen-bond donors (Lipinski definition) is 1. The van der Waals surface area contributed by atoms with Gasteiger partial charge in [-0.1, -0.05) is 24.3 Å². The summed E-state index contributed by atoms with van der Waals surface area (Å²) in [6, 6.07) is 19.0. The number of carbonyl (C=O) groups is 1. The number of hydrogen-bond acceptors (Lipinski definition) is 4. The number of nitrogens with zero attached hydrogens (tertiary/aromatic N) is 1. The molecule has 0 spiro atoms. The van der Waals surface area contributed by atoms with Crippen molar-refractivity contribution in [3.05, 3.63) is 71.3 Å². The highest BCUT2D eigenvalue weighted by atomic mass is 16.5. The fourth-order valence-electron chi connectivity index (χ4n) is 3.20. The highest BCUT2D eigenvalue weighted by Gasteiger charge is 2.14. The van der Waals surface area contributed by atoms with Gasteiger partial charge in [-0.25, -0.2) is 0 Å². The largest absolute Gasteiger partial charge is 0.494 e. The maximum atomic E-state index is 12.8. The Bertz CT molecular complexity index is 1140. The predicted molar refractivity (Wildman–Crippen MR) is 120 cm³/mol. The molecule has 1 amide bonds. The van der Waals surface area contributed by atoms with E-state index in [0.717, 1.165) is 22.1 Å². The number of benzene rings is 3. The van der Waals surface area contributed by atoms with Crippen molar-refractivity contribution >= 4 is 28.4 Å². The zero-order valence-corrected chi connectivity index (χ0v) is 17.4. The SMILES string of the molecule is CCOc1ccc2ccc(OCC)c(/C=C(/C#N)C(=O)Nc3cccc(C)c3)c2c1. The van der Waals surface area contributed by atoms with Crippen molar-refractivity contribution in [2.75, 3.05) is 18.5 Å². The fraction of sp³-hybridized carbons (Fsp3) is 0.200. The van der Waals surface area contributed by atoms with Crippen molar-refractivity contribution in [3.8, 4) is 17.6 Å². The minimum absolute atomic E-state index is 0.00762. The van der Waals surface area contributed by atoms with Crippen LogP contribution in [0.1, 0.15) is 25.0 Å². The van der Waals surface area contributed by atoms with Crippen LogP contribution in [0.5, 0.6) is 11.5 Å². The molecule has 0 saturated heterocycles. The molecule has 3 rings (SSSR count). The Hall–Kier alpha value is -3.78. The Morgan fingerprint density at radius 2 is 1.83 bits per heavy atom. The second kappa shape index (κ2) is 9.62. The lowest BCUT2D eigenvalue weighted by Gasteiger charge is -2.13. The van der Waals surface area contributed by atoms with Gasteiger partial charge in [0.2, 0.25) is 0 Å². The highest BCUT2D eigenvalue weighted by Crippen LogP contribution is 2.33. The van der Waals surface area contributed by atoms with Gasteiger partial charge in [0.05, 0.1) is 13.2 Å². The van der Waals surface area contributed by atoms with Crippen LogP contribution in [0.4, 0.5) is 5.69 Å². The predicted octanol–water partition coefficient (Wildman–Crippen LogP) is 5.49. The van der Waals surface area contributed by atoms with Crippen LogP contribution >= 0.6 is 0 Å². The molecule has 3 aromatic carbocycles. The van der Waals surface area contributed by atoms with Crippen molar-refractivity contribution in [3.63, 3.8) is 0 Å². The molecule has 0 radical (unpaired) electrons. The number of nitriles is 1. The van der Waals surface area contributed by atoms with E-state index in [4.69, 9.17) is 9.47 Å². The summed E-state index contributed by atoms with van der Waals surface area (Å²) >= 11 is 0. The van der Waals surface area contributed by atoms with Gasteiger partial charge in [0.15, 0.2) is 0 Å². The summed E-state index contributed by atoms with van der Waals surface area (Å²) in [4.78, 5) is 12.8. The third-order valence-corrected chi connectivity index (χ3v) is 4.54. The van der Waals surface area contributed by atoms with E-state index in [9.17, 15) is 10.1 Å². The molecular formula is C25H24N2O3. The first-order valence-electron chi connectivity index (χ1n) is 9.87. The first kappa shape index (κ1) is 20.9. The molecule has 3 aromatic rings. The molecule has 0 heterocycles. The number of amides is 1. The van der Waals surface area contributed by atoms with Gasteiger partial charge in [0.25, 0.3) is 5.91 Å². The maximum absolute atomic E-state index is 12.8. The van der Waals surface area contributed by atoms with Gasteiger partial charge in [0.1, 0.15) is 23.1 Å². The van der Waals surface area contributed by atoms with Gasteiger partial charge in [-0.3, -0.25) is 4.79 Å². The van der Waals surface area contributed by atoms with Crippen molar-refractivity contribution < 1.29 is 14.3 Å². The Morgan fingerprint density at radius 3 is 2.53 bits per heavy atom. The average molecular weight is 400 g/mol. The van der Waals surface area contributed by atoms with Crippen LogP contribution in [0.25, 0.3) is 16.8 Å². The normalized spacial score (nSPS) is 11.1. The molecule has 0 saturated carbocycles. The number of anilines is 1. The summed E-state index contributed by atoms with van der Waals surface area (Å²) in [5.41, 5.74) is 2.33. The number of nitrogens with one attached hydrogen (secondary N) is 1. The standard InChI is InChI=1S/C25H24N2O3/c1-4-29-21-11-9-18-10-12-24(30-5-2)23(22(18)15-21)14-19(16-26)25(28)27-20-8-6-7-17(3)13-20/h6-15H,4-5H2,1-3H3,(H,27,28)/b19-14-. The minimum Gasteiger partial charge on any atom is -0.494 e. The second-order valence-electron chi connectivity index (χ2n) is 6.72. The molecule has 0 aliphatic rings. The van der Waals surface area contributed by atoms with E-state index in [-0.39, 0.29) is 5.57 Å². The van der Waals surface area contributed by atoms with Crippen LogP contribution in [0.3, 0.4) is 0 Å². The van der Waals surface area contributed by atoms with E-state index in [0.29, 0.717) is 30.2 Å². The van der Waals surface area contributed by atoms with Gasteiger partial charge in [-0.15, -0.1) is 0 Å². The Morgan fingerprint density at radius 1 is 1.07 bits per heavy atom.